The molecular weight excluding hydrogens is 771 g/mol. The Balaban J connectivity index is 0.00000193. The molecule has 2 unspecified atom stereocenters. The van der Waals surface area contributed by atoms with Crippen LogP contribution in [0.25, 0.3) is 56.5 Å². The fourth-order valence-corrected chi connectivity index (χ4v) is 30.2. The van der Waals surface area contributed by atoms with E-state index in [-0.39, 0.29) is 24.8 Å². The first-order chi connectivity index (χ1) is 24.5. The SMILES string of the molecule is Cc1ccc2c(c1)c1c(n2-c2ccccc2)C2=CC=C[CH]([Zr+2]([CH]3C=CC=C4C3=Cc3c4n(-c4ccccc4)c4ccc(C)cc34)[SiH](C)C)C2=C1.[Cl-].[Cl-]. The zero-order valence-corrected chi connectivity index (χ0v) is 34.9. The molecule has 4 aliphatic carbocycles. The molecule has 0 N–H and O–H groups in total. The minimum Gasteiger partial charge on any atom is -1.00 e. The van der Waals surface area contributed by atoms with Crippen LogP contribution in [0.15, 0.2) is 145 Å². The van der Waals surface area contributed by atoms with Crippen LogP contribution in [0.3, 0.4) is 0 Å². The molecule has 2 atom stereocenters. The van der Waals surface area contributed by atoms with Gasteiger partial charge in [-0.2, -0.15) is 0 Å². The Morgan fingerprint density at radius 2 is 0.981 bits per heavy atom. The summed E-state index contributed by atoms with van der Waals surface area (Å²) >= 11 is -2.24. The Morgan fingerprint density at radius 1 is 0.558 bits per heavy atom. The topological polar surface area (TPSA) is 9.86 Å². The van der Waals surface area contributed by atoms with Crippen molar-refractivity contribution in [1.82, 2.24) is 9.13 Å². The summed E-state index contributed by atoms with van der Waals surface area (Å²) in [5.74, 6) is -1.01. The summed E-state index contributed by atoms with van der Waals surface area (Å²) in [6.45, 7) is 9.76. The van der Waals surface area contributed by atoms with Gasteiger partial charge in [-0.15, -0.1) is 0 Å². The molecule has 255 valence electrons. The van der Waals surface area contributed by atoms with Gasteiger partial charge in [0.1, 0.15) is 0 Å². The van der Waals surface area contributed by atoms with Crippen molar-refractivity contribution in [2.45, 2.75) is 34.2 Å². The first-order valence-corrected chi connectivity index (χ1v) is 28.0. The normalized spacial score (nSPS) is 17.8. The molecule has 6 heteroatoms. The van der Waals surface area contributed by atoms with Gasteiger partial charge < -0.3 is 24.8 Å². The van der Waals surface area contributed by atoms with Crippen molar-refractivity contribution < 1.29 is 45.7 Å². The zero-order chi connectivity index (χ0) is 33.7. The van der Waals surface area contributed by atoms with Gasteiger partial charge in [0.05, 0.1) is 0 Å². The summed E-state index contributed by atoms with van der Waals surface area (Å²) in [7, 11) is 0. The summed E-state index contributed by atoms with van der Waals surface area (Å²) in [6.07, 6.45) is 20.1. The molecule has 0 aliphatic heterocycles. The third-order valence-electron chi connectivity index (χ3n) is 11.3. The van der Waals surface area contributed by atoms with Crippen LogP contribution in [0.5, 0.6) is 0 Å². The number of fused-ring (bicyclic) bond motifs is 10. The molecule has 52 heavy (non-hydrogen) atoms. The fraction of sp³-hybridized carbons (Fsp3) is 0.130. The van der Waals surface area contributed by atoms with Crippen LogP contribution in [0.4, 0.5) is 0 Å². The molecule has 2 nitrogen and oxygen atoms in total. The maximum atomic E-state index is 2.66. The van der Waals surface area contributed by atoms with Crippen molar-refractivity contribution in [1.29, 1.82) is 0 Å². The average Bonchev–Trinajstić information content (AvgIpc) is 3.86. The van der Waals surface area contributed by atoms with Gasteiger partial charge in [-0.3, -0.25) is 0 Å². The summed E-state index contributed by atoms with van der Waals surface area (Å²) < 4.78 is 6.15. The van der Waals surface area contributed by atoms with E-state index in [0.717, 1.165) is 0 Å². The molecule has 10 rings (SSSR count). The minimum atomic E-state index is -2.24. The van der Waals surface area contributed by atoms with Crippen molar-refractivity contribution >= 4 is 51.0 Å². The molecule has 4 aromatic carbocycles. The summed E-state index contributed by atoms with van der Waals surface area (Å²) in [5.41, 5.74) is 19.3. The Hall–Kier alpha value is -3.92. The molecule has 0 amide bonds. The average molecular weight is 810 g/mol. The number of benzene rings is 4. The summed E-state index contributed by atoms with van der Waals surface area (Å²) in [6, 6.07) is 35.9. The van der Waals surface area contributed by atoms with Crippen LogP contribution < -0.4 is 24.8 Å². The van der Waals surface area contributed by atoms with Crippen LogP contribution in [0.2, 0.25) is 20.3 Å². The Morgan fingerprint density at radius 3 is 1.38 bits per heavy atom. The van der Waals surface area contributed by atoms with E-state index >= 15 is 0 Å². The van der Waals surface area contributed by atoms with Crippen molar-refractivity contribution in [3.8, 4) is 11.4 Å². The molecule has 0 fully saturated rings. The smallest absolute Gasteiger partial charge is 1.00 e. The Labute approximate surface area is 327 Å². The summed E-state index contributed by atoms with van der Waals surface area (Å²) in [4.78, 5) is 0. The second kappa shape index (κ2) is 13.5. The van der Waals surface area contributed by atoms with E-state index in [1.54, 1.807) is 11.1 Å². The molecule has 0 bridgehead atoms. The first-order valence-electron chi connectivity index (χ1n) is 18.0. The molecule has 6 aromatic rings. The Bertz CT molecular complexity index is 2420. The standard InChI is InChI=1S/2C22H16N.C2H7Si.2ClH.Zr/c2*1-15-11-12-21-19(13-15)20-14-16-7-5-6-10-18(16)22(20)23(21)17-8-3-2-4-9-17;1-3-2;;;/h2*2-14H,1H3;3H,1-2H3;2*1H;/q;;;;;+2/p-2. The van der Waals surface area contributed by atoms with E-state index in [0.29, 0.717) is 7.25 Å². The van der Waals surface area contributed by atoms with Crippen LogP contribution in [-0.4, -0.2) is 15.1 Å². The fourth-order valence-electron chi connectivity index (χ4n) is 9.20. The van der Waals surface area contributed by atoms with Gasteiger partial charge in [-0.25, -0.2) is 0 Å². The largest absolute Gasteiger partial charge is 1.00 e. The van der Waals surface area contributed by atoms with E-state index in [9.17, 15) is 0 Å². The number of hydrogen-bond donors (Lipinski definition) is 0. The number of aryl methyl sites for hydroxylation is 2. The second-order valence-electron chi connectivity index (χ2n) is 14.6. The molecule has 0 radical (unpaired) electrons. The van der Waals surface area contributed by atoms with Gasteiger partial charge in [0.2, 0.25) is 0 Å². The number of rotatable bonds is 5. The number of allylic oxidation sites excluding steroid dienone is 10. The zero-order valence-electron chi connectivity index (χ0n) is 29.7. The maximum absolute atomic E-state index is 2.66. The number of para-hydroxylation sites is 2. The molecule has 2 heterocycles. The molecular formula is C46H39Cl2N2SiZr. The monoisotopic (exact) mass is 807 g/mol. The van der Waals surface area contributed by atoms with Gasteiger partial charge in [0.15, 0.2) is 0 Å². The van der Waals surface area contributed by atoms with Crippen molar-refractivity contribution in [3.63, 3.8) is 0 Å². The van der Waals surface area contributed by atoms with E-state index < -0.39 is 26.8 Å². The Kier molecular flexibility index (Phi) is 9.11. The van der Waals surface area contributed by atoms with Crippen molar-refractivity contribution in [3.05, 3.63) is 178 Å². The number of halogens is 2. The van der Waals surface area contributed by atoms with Crippen LogP contribution >= 0.6 is 0 Å². The van der Waals surface area contributed by atoms with Crippen LogP contribution in [-0.2, 0) is 20.9 Å². The second-order valence-corrected chi connectivity index (χ2v) is 34.9. The van der Waals surface area contributed by atoms with Gasteiger partial charge in [-0.05, 0) is 0 Å². The predicted octanol–water partition coefficient (Wildman–Crippen LogP) is 5.78. The molecule has 0 saturated carbocycles. The molecule has 0 saturated heterocycles. The number of aromatic nitrogens is 2. The number of nitrogens with zero attached hydrogens (tertiary/aromatic N) is 2. The molecule has 4 aliphatic rings. The third kappa shape index (κ3) is 5.21. The quantitative estimate of drug-likeness (QED) is 0.196. The molecule has 2 aromatic heterocycles. The van der Waals surface area contributed by atoms with Gasteiger partial charge in [0, 0.05) is 0 Å². The van der Waals surface area contributed by atoms with E-state index in [2.05, 4.69) is 182 Å². The predicted molar refractivity (Wildman–Crippen MR) is 213 cm³/mol. The number of hydrogen-bond acceptors (Lipinski definition) is 0. The van der Waals surface area contributed by atoms with E-state index in [1.165, 1.54) is 78.0 Å². The maximum Gasteiger partial charge on any atom is -1.00 e. The van der Waals surface area contributed by atoms with Crippen molar-refractivity contribution in [2.75, 3.05) is 0 Å². The third-order valence-corrected chi connectivity index (χ3v) is 32.7. The van der Waals surface area contributed by atoms with E-state index in [1.807, 2.05) is 0 Å². The van der Waals surface area contributed by atoms with Crippen LogP contribution in [0, 0.1) is 13.8 Å². The minimum absolute atomic E-state index is 0. The molecule has 0 spiro atoms. The van der Waals surface area contributed by atoms with Crippen LogP contribution in [0.1, 0.15) is 33.6 Å². The van der Waals surface area contributed by atoms with E-state index in [4.69, 9.17) is 0 Å². The van der Waals surface area contributed by atoms with Gasteiger partial charge >= 0.3 is 305 Å². The summed E-state index contributed by atoms with van der Waals surface area (Å²) in [5, 5.41) is 2.74. The first kappa shape index (κ1) is 35.1. The van der Waals surface area contributed by atoms with Gasteiger partial charge in [-0.1, -0.05) is 0 Å². The van der Waals surface area contributed by atoms with Crippen molar-refractivity contribution in [2.24, 2.45) is 0 Å². The van der Waals surface area contributed by atoms with Gasteiger partial charge in [0.25, 0.3) is 0 Å².